The Hall–Kier alpha value is -2.28. The number of amides is 1. The normalized spacial score (nSPS) is 11.4. The van der Waals surface area contributed by atoms with Gasteiger partial charge in [0.1, 0.15) is 0 Å². The van der Waals surface area contributed by atoms with E-state index in [0.717, 1.165) is 31.0 Å². The van der Waals surface area contributed by atoms with Crippen LogP contribution in [-0.2, 0) is 6.54 Å². The maximum absolute atomic E-state index is 11.9. The molecule has 0 unspecified atom stereocenters. The summed E-state index contributed by atoms with van der Waals surface area (Å²) in [6, 6.07) is 3.89. The third-order valence-electron chi connectivity index (χ3n) is 3.69. The third kappa shape index (κ3) is 5.94. The van der Waals surface area contributed by atoms with E-state index in [9.17, 15) is 4.79 Å². The number of hydrogen-bond acceptors (Lipinski definition) is 4. The average Bonchev–Trinajstić information content (AvgIpc) is 3.20. The van der Waals surface area contributed by atoms with Crippen LogP contribution >= 0.6 is 11.3 Å². The van der Waals surface area contributed by atoms with E-state index in [2.05, 4.69) is 39.3 Å². The zero-order valence-electron chi connectivity index (χ0n) is 15.0. The van der Waals surface area contributed by atoms with Crippen LogP contribution in [0.15, 0.2) is 33.2 Å². The minimum absolute atomic E-state index is 0.170. The summed E-state index contributed by atoms with van der Waals surface area (Å²) in [6.07, 6.45) is 2.33. The molecule has 0 aromatic carbocycles. The summed E-state index contributed by atoms with van der Waals surface area (Å²) < 4.78 is 5.17. The SMILES string of the molecule is CCNC(=NCc1sccc1C)NCCCNC(=O)c1occc1C. The smallest absolute Gasteiger partial charge is 0.287 e. The molecular formula is C18H26N4O2S. The molecule has 0 fully saturated rings. The van der Waals surface area contributed by atoms with Gasteiger partial charge in [0.2, 0.25) is 0 Å². The van der Waals surface area contributed by atoms with Crippen LogP contribution in [0.4, 0.5) is 0 Å². The zero-order chi connectivity index (χ0) is 18.1. The Kier molecular flexibility index (Phi) is 7.53. The van der Waals surface area contributed by atoms with Gasteiger partial charge in [-0.2, -0.15) is 0 Å². The molecule has 25 heavy (non-hydrogen) atoms. The molecule has 1 amide bonds. The molecule has 2 rings (SSSR count). The molecule has 7 heteroatoms. The maximum Gasteiger partial charge on any atom is 0.287 e. The number of nitrogens with zero attached hydrogens (tertiary/aromatic N) is 1. The van der Waals surface area contributed by atoms with Gasteiger partial charge in [-0.25, -0.2) is 4.99 Å². The Morgan fingerprint density at radius 1 is 1.16 bits per heavy atom. The summed E-state index contributed by atoms with van der Waals surface area (Å²) in [4.78, 5) is 17.8. The van der Waals surface area contributed by atoms with Crippen LogP contribution < -0.4 is 16.0 Å². The number of carbonyl (C=O) groups is 1. The highest BCUT2D eigenvalue weighted by Crippen LogP contribution is 2.16. The molecule has 0 atom stereocenters. The van der Waals surface area contributed by atoms with Gasteiger partial charge in [0.05, 0.1) is 12.8 Å². The van der Waals surface area contributed by atoms with Gasteiger partial charge in [-0.05, 0) is 50.3 Å². The second kappa shape index (κ2) is 9.88. The molecule has 0 aliphatic rings. The molecule has 0 saturated carbocycles. The molecule has 0 aliphatic heterocycles. The van der Waals surface area contributed by atoms with Crippen molar-refractivity contribution in [1.82, 2.24) is 16.0 Å². The number of thiophene rings is 1. The largest absolute Gasteiger partial charge is 0.459 e. The molecule has 0 saturated heterocycles. The summed E-state index contributed by atoms with van der Waals surface area (Å²) in [5.74, 6) is 1.01. The lowest BCUT2D eigenvalue weighted by atomic mass is 10.2. The van der Waals surface area contributed by atoms with E-state index in [1.807, 2.05) is 13.8 Å². The second-order valence-corrected chi connectivity index (χ2v) is 6.69. The van der Waals surface area contributed by atoms with Crippen LogP contribution in [0.5, 0.6) is 0 Å². The van der Waals surface area contributed by atoms with Crippen molar-refractivity contribution in [1.29, 1.82) is 0 Å². The van der Waals surface area contributed by atoms with Crippen molar-refractivity contribution >= 4 is 23.2 Å². The van der Waals surface area contributed by atoms with Gasteiger partial charge in [0, 0.05) is 30.1 Å². The molecule has 0 radical (unpaired) electrons. The van der Waals surface area contributed by atoms with Crippen LogP contribution in [0.3, 0.4) is 0 Å². The number of aryl methyl sites for hydroxylation is 2. The molecule has 6 nitrogen and oxygen atoms in total. The standard InChI is InChI=1S/C18H26N4O2S/c1-4-19-18(22-12-15-13(2)7-11-25-15)21-9-5-8-20-17(23)16-14(3)6-10-24-16/h6-7,10-11H,4-5,8-9,12H2,1-3H3,(H,20,23)(H2,19,21,22). The molecule has 0 aliphatic carbocycles. The van der Waals surface area contributed by atoms with Gasteiger partial charge >= 0.3 is 0 Å². The van der Waals surface area contributed by atoms with E-state index in [1.165, 1.54) is 16.7 Å². The quantitative estimate of drug-likeness (QED) is 0.383. The van der Waals surface area contributed by atoms with Gasteiger partial charge in [0.15, 0.2) is 11.7 Å². The van der Waals surface area contributed by atoms with Gasteiger partial charge in [0.25, 0.3) is 5.91 Å². The van der Waals surface area contributed by atoms with Gasteiger partial charge in [-0.1, -0.05) is 0 Å². The molecule has 0 spiro atoms. The fourth-order valence-corrected chi connectivity index (χ4v) is 3.07. The summed E-state index contributed by atoms with van der Waals surface area (Å²) in [5.41, 5.74) is 2.13. The van der Waals surface area contributed by atoms with Gasteiger partial charge in [-0.3, -0.25) is 4.79 Å². The Balaban J connectivity index is 1.71. The Morgan fingerprint density at radius 2 is 1.96 bits per heavy atom. The van der Waals surface area contributed by atoms with Gasteiger partial charge < -0.3 is 20.4 Å². The van der Waals surface area contributed by atoms with Crippen molar-refractivity contribution in [3.05, 3.63) is 45.5 Å². The van der Waals surface area contributed by atoms with Crippen molar-refractivity contribution in [3.63, 3.8) is 0 Å². The van der Waals surface area contributed by atoms with E-state index in [4.69, 9.17) is 4.42 Å². The molecule has 2 heterocycles. The minimum atomic E-state index is -0.170. The highest BCUT2D eigenvalue weighted by molar-refractivity contribution is 7.10. The summed E-state index contributed by atoms with van der Waals surface area (Å²) in [7, 11) is 0. The average molecular weight is 362 g/mol. The number of hydrogen-bond donors (Lipinski definition) is 3. The van der Waals surface area contributed by atoms with E-state index >= 15 is 0 Å². The van der Waals surface area contributed by atoms with E-state index in [-0.39, 0.29) is 5.91 Å². The summed E-state index contributed by atoms with van der Waals surface area (Å²) in [6.45, 7) is 8.79. The summed E-state index contributed by atoms with van der Waals surface area (Å²) >= 11 is 1.73. The number of aliphatic imine (C=N–C) groups is 1. The van der Waals surface area contributed by atoms with E-state index in [1.54, 1.807) is 17.4 Å². The minimum Gasteiger partial charge on any atom is -0.459 e. The van der Waals surface area contributed by atoms with Crippen LogP contribution in [-0.4, -0.2) is 31.5 Å². The van der Waals surface area contributed by atoms with E-state index in [0.29, 0.717) is 18.8 Å². The molecule has 2 aromatic rings. The van der Waals surface area contributed by atoms with Crippen LogP contribution in [0, 0.1) is 13.8 Å². The predicted octanol–water partition coefficient (Wildman–Crippen LogP) is 2.83. The molecule has 0 bridgehead atoms. The van der Waals surface area contributed by atoms with Crippen molar-refractivity contribution in [2.45, 2.75) is 33.7 Å². The first-order valence-corrected chi connectivity index (χ1v) is 9.37. The number of carbonyl (C=O) groups excluding carboxylic acids is 1. The monoisotopic (exact) mass is 362 g/mol. The first kappa shape index (κ1) is 19.1. The molecule has 3 N–H and O–H groups in total. The van der Waals surface area contributed by atoms with Gasteiger partial charge in [-0.15, -0.1) is 11.3 Å². The fourth-order valence-electron chi connectivity index (χ4n) is 2.24. The number of rotatable bonds is 8. The lowest BCUT2D eigenvalue weighted by molar-refractivity contribution is 0.0925. The number of guanidine groups is 1. The van der Waals surface area contributed by atoms with Crippen molar-refractivity contribution in [2.75, 3.05) is 19.6 Å². The third-order valence-corrected chi connectivity index (χ3v) is 4.70. The first-order chi connectivity index (χ1) is 12.1. The van der Waals surface area contributed by atoms with Crippen LogP contribution in [0.1, 0.15) is 39.9 Å². The summed E-state index contributed by atoms with van der Waals surface area (Å²) in [5, 5.41) is 11.5. The van der Waals surface area contributed by atoms with Crippen LogP contribution in [0.25, 0.3) is 0 Å². The lowest BCUT2D eigenvalue weighted by Crippen LogP contribution is -2.38. The zero-order valence-corrected chi connectivity index (χ0v) is 15.8. The number of nitrogens with one attached hydrogen (secondary N) is 3. The molecule has 136 valence electrons. The maximum atomic E-state index is 11.9. The molecule has 2 aromatic heterocycles. The number of furan rings is 1. The van der Waals surface area contributed by atoms with Crippen LogP contribution in [0.2, 0.25) is 0 Å². The Bertz CT molecular complexity index is 706. The fraction of sp³-hybridized carbons (Fsp3) is 0.444. The Labute approximate surface area is 152 Å². The highest BCUT2D eigenvalue weighted by atomic mass is 32.1. The van der Waals surface area contributed by atoms with Crippen molar-refractivity contribution in [3.8, 4) is 0 Å². The van der Waals surface area contributed by atoms with Crippen molar-refractivity contribution in [2.24, 2.45) is 4.99 Å². The topological polar surface area (TPSA) is 78.7 Å². The lowest BCUT2D eigenvalue weighted by Gasteiger charge is -2.11. The second-order valence-electron chi connectivity index (χ2n) is 5.69. The first-order valence-electron chi connectivity index (χ1n) is 8.49. The Morgan fingerprint density at radius 3 is 2.60 bits per heavy atom. The van der Waals surface area contributed by atoms with E-state index < -0.39 is 0 Å². The van der Waals surface area contributed by atoms with Crippen molar-refractivity contribution < 1.29 is 9.21 Å². The highest BCUT2D eigenvalue weighted by Gasteiger charge is 2.11. The predicted molar refractivity (Wildman–Crippen MR) is 102 cm³/mol. The molecular weight excluding hydrogens is 336 g/mol.